The maximum atomic E-state index is 12.3. The van der Waals surface area contributed by atoms with Gasteiger partial charge in [-0.15, -0.1) is 0 Å². The van der Waals surface area contributed by atoms with E-state index in [1.54, 1.807) is 30.5 Å². The van der Waals surface area contributed by atoms with Crippen molar-refractivity contribution in [1.82, 2.24) is 5.32 Å². The van der Waals surface area contributed by atoms with Crippen molar-refractivity contribution in [2.24, 2.45) is 10.3 Å². The van der Waals surface area contributed by atoms with E-state index in [2.05, 4.69) is 16.6 Å². The van der Waals surface area contributed by atoms with E-state index in [-0.39, 0.29) is 5.91 Å². The second-order valence-corrected chi connectivity index (χ2v) is 7.28. The van der Waals surface area contributed by atoms with E-state index in [0.29, 0.717) is 23.3 Å². The second-order valence-electron chi connectivity index (χ2n) is 4.85. The number of nitrogens with one attached hydrogen (secondary N) is 1. The van der Waals surface area contributed by atoms with Crippen molar-refractivity contribution in [3.05, 3.63) is 35.9 Å². The summed E-state index contributed by atoms with van der Waals surface area (Å²) in [5, 5.41) is 3.21. The molecule has 1 aromatic rings. The van der Waals surface area contributed by atoms with Gasteiger partial charge in [0.1, 0.15) is 0 Å². The molecule has 3 atom stereocenters. The van der Waals surface area contributed by atoms with Crippen molar-refractivity contribution in [3.8, 4) is 0 Å². The molecule has 18 heavy (non-hydrogen) atoms. The normalized spacial score (nSPS) is 25.9. The molecule has 2 rings (SSSR count). The van der Waals surface area contributed by atoms with Crippen molar-refractivity contribution >= 4 is 15.6 Å². The molecule has 1 unspecified atom stereocenters. The first kappa shape index (κ1) is 13.2. The van der Waals surface area contributed by atoms with E-state index in [4.69, 9.17) is 0 Å². The molecule has 1 fully saturated rings. The smallest absolute Gasteiger partial charge is 0.285 e. The fourth-order valence-electron chi connectivity index (χ4n) is 1.97. The largest absolute Gasteiger partial charge is 0.314 e. The number of nitrogens with zero attached hydrogens (tertiary/aromatic N) is 1. The zero-order valence-corrected chi connectivity index (χ0v) is 11.4. The predicted octanol–water partition coefficient (Wildman–Crippen LogP) is 1.53. The first-order valence-electron chi connectivity index (χ1n) is 6.00. The Morgan fingerprint density at radius 1 is 1.44 bits per heavy atom. The van der Waals surface area contributed by atoms with Crippen molar-refractivity contribution in [2.45, 2.75) is 13.0 Å². The highest BCUT2D eigenvalue weighted by Crippen LogP contribution is 2.16. The van der Waals surface area contributed by atoms with Crippen LogP contribution >= 0.6 is 0 Å². The zero-order chi connectivity index (χ0) is 13.2. The quantitative estimate of drug-likeness (QED) is 0.902. The average molecular weight is 266 g/mol. The molecule has 0 bridgehead atoms. The summed E-state index contributed by atoms with van der Waals surface area (Å²) in [4.78, 5) is 11.9. The number of hydrogen-bond donors (Lipinski definition) is 1. The Bertz CT molecular complexity index is 547. The molecule has 5 heteroatoms. The van der Waals surface area contributed by atoms with Crippen LogP contribution in [0.5, 0.6) is 0 Å². The minimum absolute atomic E-state index is 0.356. The number of rotatable bonds is 3. The number of carbonyl (C=O) groups is 1. The second kappa shape index (κ2) is 5.20. The van der Waals surface area contributed by atoms with Crippen molar-refractivity contribution in [3.63, 3.8) is 0 Å². The lowest BCUT2D eigenvalue weighted by Gasteiger charge is -2.35. The van der Waals surface area contributed by atoms with Crippen LogP contribution in [0.15, 0.2) is 34.7 Å². The van der Waals surface area contributed by atoms with Crippen LogP contribution in [0.4, 0.5) is 0 Å². The van der Waals surface area contributed by atoms with Crippen LogP contribution in [0.1, 0.15) is 17.3 Å². The van der Waals surface area contributed by atoms with Gasteiger partial charge < -0.3 is 5.32 Å². The molecule has 1 aromatic carbocycles. The van der Waals surface area contributed by atoms with Gasteiger partial charge in [-0.05, 0) is 25.0 Å². The standard InChI is InChI=1S/C13H18N2O2S/c1-10-12(8-14-10)9-18(2,17)15-13(16)11-6-4-3-5-7-11/h3-7,10,12,14H,8-9H2,1-2H3/t10-,12-,18?/m1/s1. The number of amides is 1. The fraction of sp³-hybridized carbons (Fsp3) is 0.462. The summed E-state index contributed by atoms with van der Waals surface area (Å²) in [7, 11) is -2.44. The zero-order valence-electron chi connectivity index (χ0n) is 10.6. The van der Waals surface area contributed by atoms with Gasteiger partial charge in [0.2, 0.25) is 0 Å². The molecule has 1 aliphatic heterocycles. The molecular weight excluding hydrogens is 248 g/mol. The third-order valence-electron chi connectivity index (χ3n) is 3.23. The van der Waals surface area contributed by atoms with Gasteiger partial charge in [0.25, 0.3) is 5.91 Å². The third kappa shape index (κ3) is 3.17. The summed E-state index contributed by atoms with van der Waals surface area (Å²) in [6.07, 6.45) is 1.57. The van der Waals surface area contributed by atoms with Crippen molar-refractivity contribution in [2.75, 3.05) is 18.6 Å². The molecular formula is C13H18N2O2S. The van der Waals surface area contributed by atoms with Crippen LogP contribution in [0.3, 0.4) is 0 Å². The molecule has 1 heterocycles. The average Bonchev–Trinajstić information content (AvgIpc) is 2.35. The van der Waals surface area contributed by atoms with Crippen LogP contribution in [0, 0.1) is 5.92 Å². The lowest BCUT2D eigenvalue weighted by Crippen LogP contribution is -2.53. The molecule has 0 aliphatic carbocycles. The highest BCUT2D eigenvalue weighted by atomic mass is 32.2. The fourth-order valence-corrected chi connectivity index (χ4v) is 3.70. The Labute approximate surface area is 108 Å². The Morgan fingerprint density at radius 2 is 2.11 bits per heavy atom. The molecule has 0 saturated carbocycles. The van der Waals surface area contributed by atoms with Crippen LogP contribution in [0.25, 0.3) is 0 Å². The van der Waals surface area contributed by atoms with Gasteiger partial charge in [0, 0.05) is 30.2 Å². The van der Waals surface area contributed by atoms with Gasteiger partial charge in [-0.1, -0.05) is 18.2 Å². The van der Waals surface area contributed by atoms with Gasteiger partial charge in [0.05, 0.1) is 9.73 Å². The maximum absolute atomic E-state index is 12.3. The predicted molar refractivity (Wildman–Crippen MR) is 73.1 cm³/mol. The van der Waals surface area contributed by atoms with Gasteiger partial charge >= 0.3 is 0 Å². The molecule has 98 valence electrons. The summed E-state index contributed by atoms with van der Waals surface area (Å²) in [6, 6.07) is 9.13. The Kier molecular flexibility index (Phi) is 3.82. The number of benzene rings is 1. The van der Waals surface area contributed by atoms with Crippen molar-refractivity contribution in [1.29, 1.82) is 0 Å². The molecule has 1 amide bonds. The van der Waals surface area contributed by atoms with E-state index < -0.39 is 9.73 Å². The van der Waals surface area contributed by atoms with Crippen LogP contribution in [0.2, 0.25) is 0 Å². The summed E-state index contributed by atoms with van der Waals surface area (Å²) in [5.41, 5.74) is 0.492. The van der Waals surface area contributed by atoms with Gasteiger partial charge in [-0.25, -0.2) is 4.21 Å². The Morgan fingerprint density at radius 3 is 2.61 bits per heavy atom. The molecule has 0 spiro atoms. The molecule has 0 aromatic heterocycles. The SMILES string of the molecule is C[C@H]1NC[C@@H]1CS(C)(=O)=NC(=O)c1ccccc1. The van der Waals surface area contributed by atoms with E-state index in [0.717, 1.165) is 6.54 Å². The Balaban J connectivity index is 2.11. The third-order valence-corrected chi connectivity index (χ3v) is 4.83. The Hall–Kier alpha value is -1.20. The minimum Gasteiger partial charge on any atom is -0.314 e. The van der Waals surface area contributed by atoms with Crippen molar-refractivity contribution < 1.29 is 9.00 Å². The topological polar surface area (TPSA) is 58.5 Å². The van der Waals surface area contributed by atoms with Crippen LogP contribution in [-0.2, 0) is 9.73 Å². The molecule has 1 aliphatic rings. The maximum Gasteiger partial charge on any atom is 0.285 e. The monoisotopic (exact) mass is 266 g/mol. The summed E-state index contributed by atoms with van der Waals surface area (Å²) in [6.45, 7) is 2.92. The minimum atomic E-state index is -2.44. The highest BCUT2D eigenvalue weighted by Gasteiger charge is 2.28. The van der Waals surface area contributed by atoms with Crippen LogP contribution < -0.4 is 5.32 Å². The van der Waals surface area contributed by atoms with E-state index in [9.17, 15) is 9.00 Å². The molecule has 0 radical (unpaired) electrons. The van der Waals surface area contributed by atoms with Crippen LogP contribution in [-0.4, -0.2) is 34.7 Å². The first-order valence-corrected chi connectivity index (χ1v) is 8.10. The van der Waals surface area contributed by atoms with E-state index in [1.165, 1.54) is 0 Å². The van der Waals surface area contributed by atoms with E-state index >= 15 is 0 Å². The number of hydrogen-bond acceptors (Lipinski definition) is 3. The number of carbonyl (C=O) groups excluding carboxylic acids is 1. The van der Waals surface area contributed by atoms with Gasteiger partial charge in [-0.2, -0.15) is 4.36 Å². The lowest BCUT2D eigenvalue weighted by molar-refractivity contribution is 0.100. The lowest BCUT2D eigenvalue weighted by atomic mass is 9.96. The van der Waals surface area contributed by atoms with Gasteiger partial charge in [0.15, 0.2) is 0 Å². The summed E-state index contributed by atoms with van der Waals surface area (Å²) in [5.74, 6) is 0.456. The highest BCUT2D eigenvalue weighted by molar-refractivity contribution is 7.93. The summed E-state index contributed by atoms with van der Waals surface area (Å²) < 4.78 is 16.2. The van der Waals surface area contributed by atoms with Gasteiger partial charge in [-0.3, -0.25) is 4.79 Å². The van der Waals surface area contributed by atoms with E-state index in [1.807, 2.05) is 6.07 Å². The summed E-state index contributed by atoms with van der Waals surface area (Å²) >= 11 is 0. The molecule has 4 nitrogen and oxygen atoms in total. The molecule has 1 saturated heterocycles. The first-order chi connectivity index (χ1) is 8.48. The molecule has 1 N–H and O–H groups in total.